The van der Waals surface area contributed by atoms with E-state index in [1.165, 1.54) is 42.8 Å². The molecule has 2 N–H and O–H groups in total. The highest BCUT2D eigenvalue weighted by Gasteiger charge is 2.10. The number of nitrogens with zero attached hydrogens (tertiary/aromatic N) is 4. The molecule has 0 unspecified atom stereocenters. The second-order valence-corrected chi connectivity index (χ2v) is 7.79. The van der Waals surface area contributed by atoms with Crippen LogP contribution in [-0.2, 0) is 6.54 Å². The fourth-order valence-electron chi connectivity index (χ4n) is 2.91. The zero-order valence-corrected chi connectivity index (χ0v) is 16.6. The quantitative estimate of drug-likeness (QED) is 0.529. The Hall–Kier alpha value is -1.41. The first kappa shape index (κ1) is 19.4. The standard InChI is InChI=1S/C18H25ClN6S/c1-14-16(12-23-18-15(19)11-21-13-24-18)22-4-3-17(14)26-10-2-7-25-8-5-20-6-9-25/h3-4,11,13,20H,2,5-10,12H2,1H3,(H,21,23,24). The molecular formula is C18H25ClN6S. The van der Waals surface area contributed by atoms with Gasteiger partial charge in [0.25, 0.3) is 0 Å². The predicted octanol–water partition coefficient (Wildman–Crippen LogP) is 2.83. The van der Waals surface area contributed by atoms with Gasteiger partial charge in [0.2, 0.25) is 0 Å². The topological polar surface area (TPSA) is 66.0 Å². The van der Waals surface area contributed by atoms with Crippen LogP contribution in [0.1, 0.15) is 17.7 Å². The molecule has 1 aliphatic rings. The Bertz CT molecular complexity index is 708. The lowest BCUT2D eigenvalue weighted by atomic mass is 10.2. The lowest BCUT2D eigenvalue weighted by Gasteiger charge is -2.27. The van der Waals surface area contributed by atoms with E-state index in [9.17, 15) is 0 Å². The summed E-state index contributed by atoms with van der Waals surface area (Å²) >= 11 is 8.00. The zero-order valence-electron chi connectivity index (χ0n) is 15.0. The number of pyridine rings is 1. The minimum Gasteiger partial charge on any atom is -0.363 e. The largest absolute Gasteiger partial charge is 0.363 e. The number of rotatable bonds is 8. The maximum Gasteiger partial charge on any atom is 0.148 e. The summed E-state index contributed by atoms with van der Waals surface area (Å²) < 4.78 is 0. The normalized spacial score (nSPS) is 15.2. The first-order valence-electron chi connectivity index (χ1n) is 8.94. The minimum absolute atomic E-state index is 0.517. The van der Waals surface area contributed by atoms with Crippen LogP contribution in [0.3, 0.4) is 0 Å². The first-order chi connectivity index (χ1) is 12.7. The number of anilines is 1. The van der Waals surface area contributed by atoms with Crippen LogP contribution in [0.4, 0.5) is 5.82 Å². The second-order valence-electron chi connectivity index (χ2n) is 6.25. The van der Waals surface area contributed by atoms with Crippen molar-refractivity contribution in [3.05, 3.63) is 41.1 Å². The molecule has 2 aromatic rings. The molecule has 1 fully saturated rings. The van der Waals surface area contributed by atoms with Crippen LogP contribution in [-0.4, -0.2) is 58.3 Å². The van der Waals surface area contributed by atoms with E-state index in [0.717, 1.165) is 24.5 Å². The molecule has 0 aliphatic carbocycles. The van der Waals surface area contributed by atoms with E-state index in [2.05, 4.69) is 43.5 Å². The Morgan fingerprint density at radius 3 is 2.96 bits per heavy atom. The summed E-state index contributed by atoms with van der Waals surface area (Å²) in [6.45, 7) is 8.47. The van der Waals surface area contributed by atoms with Crippen molar-refractivity contribution in [2.24, 2.45) is 0 Å². The third kappa shape index (κ3) is 5.54. The molecule has 0 amide bonds. The monoisotopic (exact) mass is 392 g/mol. The summed E-state index contributed by atoms with van der Waals surface area (Å²) in [5.74, 6) is 1.76. The van der Waals surface area contributed by atoms with Crippen molar-refractivity contribution < 1.29 is 0 Å². The fourth-order valence-corrected chi connectivity index (χ4v) is 4.07. The SMILES string of the molecule is Cc1c(SCCCN2CCNCC2)ccnc1CNc1ncncc1Cl. The Balaban J connectivity index is 1.49. The van der Waals surface area contributed by atoms with Crippen molar-refractivity contribution in [3.8, 4) is 0 Å². The highest BCUT2D eigenvalue weighted by atomic mass is 35.5. The second kappa shape index (κ2) is 10.1. The van der Waals surface area contributed by atoms with Gasteiger partial charge in [0.05, 0.1) is 18.4 Å². The maximum atomic E-state index is 6.09. The summed E-state index contributed by atoms with van der Waals surface area (Å²) in [5.41, 5.74) is 2.24. The molecular weight excluding hydrogens is 368 g/mol. The van der Waals surface area contributed by atoms with E-state index < -0.39 is 0 Å². The van der Waals surface area contributed by atoms with Gasteiger partial charge < -0.3 is 15.5 Å². The van der Waals surface area contributed by atoms with Gasteiger partial charge in [-0.05, 0) is 37.3 Å². The van der Waals surface area contributed by atoms with E-state index in [1.807, 2.05) is 18.0 Å². The summed E-state index contributed by atoms with van der Waals surface area (Å²) in [5, 5.41) is 7.15. The van der Waals surface area contributed by atoms with Crippen LogP contribution >= 0.6 is 23.4 Å². The summed E-state index contributed by atoms with van der Waals surface area (Å²) in [6, 6.07) is 2.10. The van der Waals surface area contributed by atoms with Gasteiger partial charge >= 0.3 is 0 Å². The summed E-state index contributed by atoms with van der Waals surface area (Å²) in [4.78, 5) is 16.4. The Morgan fingerprint density at radius 2 is 2.15 bits per heavy atom. The smallest absolute Gasteiger partial charge is 0.148 e. The maximum absolute atomic E-state index is 6.09. The number of piperazine rings is 1. The van der Waals surface area contributed by atoms with Gasteiger partial charge in [-0.1, -0.05) is 11.6 Å². The van der Waals surface area contributed by atoms with Crippen LogP contribution in [0.5, 0.6) is 0 Å². The highest BCUT2D eigenvalue weighted by molar-refractivity contribution is 7.99. The Morgan fingerprint density at radius 1 is 1.31 bits per heavy atom. The van der Waals surface area contributed by atoms with Crippen LogP contribution < -0.4 is 10.6 Å². The number of nitrogens with one attached hydrogen (secondary N) is 2. The molecule has 0 atom stereocenters. The van der Waals surface area contributed by atoms with Crippen molar-refractivity contribution in [3.63, 3.8) is 0 Å². The molecule has 0 spiro atoms. The molecule has 0 saturated carbocycles. The molecule has 26 heavy (non-hydrogen) atoms. The average Bonchev–Trinajstić information content (AvgIpc) is 2.67. The predicted molar refractivity (Wildman–Crippen MR) is 108 cm³/mol. The molecule has 140 valence electrons. The van der Waals surface area contributed by atoms with E-state index >= 15 is 0 Å². The van der Waals surface area contributed by atoms with E-state index in [1.54, 1.807) is 6.20 Å². The minimum atomic E-state index is 0.517. The van der Waals surface area contributed by atoms with E-state index in [0.29, 0.717) is 17.4 Å². The molecule has 0 bridgehead atoms. The molecule has 0 aromatic carbocycles. The van der Waals surface area contributed by atoms with E-state index in [-0.39, 0.29) is 0 Å². The van der Waals surface area contributed by atoms with Crippen molar-refractivity contribution in [2.45, 2.75) is 24.8 Å². The van der Waals surface area contributed by atoms with E-state index in [4.69, 9.17) is 11.6 Å². The van der Waals surface area contributed by atoms with Crippen LogP contribution in [0.2, 0.25) is 5.02 Å². The Kier molecular flexibility index (Phi) is 7.49. The van der Waals surface area contributed by atoms with Crippen LogP contribution in [0, 0.1) is 6.92 Å². The van der Waals surface area contributed by atoms with Crippen molar-refractivity contribution in [2.75, 3.05) is 43.8 Å². The van der Waals surface area contributed by atoms with Crippen molar-refractivity contribution >= 4 is 29.2 Å². The van der Waals surface area contributed by atoms with Crippen LogP contribution in [0.25, 0.3) is 0 Å². The van der Waals surface area contributed by atoms with Gasteiger partial charge in [0.15, 0.2) is 0 Å². The third-order valence-corrected chi connectivity index (χ3v) is 5.96. The number of aromatic nitrogens is 3. The fraction of sp³-hybridized carbons (Fsp3) is 0.500. The van der Waals surface area contributed by atoms with Crippen molar-refractivity contribution in [1.29, 1.82) is 0 Å². The van der Waals surface area contributed by atoms with Crippen LogP contribution in [0.15, 0.2) is 29.7 Å². The third-order valence-electron chi connectivity index (χ3n) is 4.44. The lowest BCUT2D eigenvalue weighted by Crippen LogP contribution is -2.43. The molecule has 3 heterocycles. The number of hydrogen-bond acceptors (Lipinski definition) is 7. The summed E-state index contributed by atoms with van der Waals surface area (Å²) in [6.07, 6.45) is 6.15. The van der Waals surface area contributed by atoms with Gasteiger partial charge in [0.1, 0.15) is 17.2 Å². The van der Waals surface area contributed by atoms with Gasteiger partial charge in [0, 0.05) is 37.3 Å². The Labute approximate surface area is 164 Å². The molecule has 8 heteroatoms. The number of thioether (sulfide) groups is 1. The van der Waals surface area contributed by atoms with Gasteiger partial charge in [-0.15, -0.1) is 11.8 Å². The first-order valence-corrected chi connectivity index (χ1v) is 10.3. The summed E-state index contributed by atoms with van der Waals surface area (Å²) in [7, 11) is 0. The number of halogens is 1. The molecule has 1 saturated heterocycles. The van der Waals surface area contributed by atoms with Gasteiger partial charge in [-0.2, -0.15) is 0 Å². The molecule has 3 rings (SSSR count). The zero-order chi connectivity index (χ0) is 18.2. The highest BCUT2D eigenvalue weighted by Crippen LogP contribution is 2.25. The molecule has 0 radical (unpaired) electrons. The van der Waals surface area contributed by atoms with Gasteiger partial charge in [-0.25, -0.2) is 9.97 Å². The average molecular weight is 393 g/mol. The molecule has 2 aromatic heterocycles. The van der Waals surface area contributed by atoms with Crippen molar-refractivity contribution in [1.82, 2.24) is 25.2 Å². The lowest BCUT2D eigenvalue weighted by molar-refractivity contribution is 0.242. The van der Waals surface area contributed by atoms with Gasteiger partial charge in [-0.3, -0.25) is 4.98 Å². The molecule has 1 aliphatic heterocycles. The number of hydrogen-bond donors (Lipinski definition) is 2. The molecule has 6 nitrogen and oxygen atoms in total.